The SMILES string of the molecule is N#Cc1cc(-c2ccccc2-n2c3ccccc3c3ccc4oc5ccccc5c4c32)ccc1-n1c2ccccc2c2ccccc21. The first-order valence-electron chi connectivity index (χ1n) is 15.8. The van der Waals surface area contributed by atoms with Gasteiger partial charge in [0.05, 0.1) is 44.4 Å². The molecular weight excluding hydrogens is 574 g/mol. The van der Waals surface area contributed by atoms with Crippen LogP contribution >= 0.6 is 0 Å². The summed E-state index contributed by atoms with van der Waals surface area (Å²) in [6.45, 7) is 0. The molecule has 0 fully saturated rings. The van der Waals surface area contributed by atoms with Crippen molar-refractivity contribution in [2.45, 2.75) is 0 Å². The van der Waals surface area contributed by atoms with Gasteiger partial charge < -0.3 is 13.6 Å². The molecule has 0 aliphatic carbocycles. The van der Waals surface area contributed by atoms with E-state index in [1.807, 2.05) is 18.2 Å². The number of furan rings is 1. The van der Waals surface area contributed by atoms with Crippen LogP contribution in [-0.4, -0.2) is 9.13 Å². The summed E-state index contributed by atoms with van der Waals surface area (Å²) >= 11 is 0. The van der Waals surface area contributed by atoms with Crippen molar-refractivity contribution in [1.82, 2.24) is 9.13 Å². The Labute approximate surface area is 269 Å². The van der Waals surface area contributed by atoms with Crippen molar-refractivity contribution >= 4 is 65.6 Å². The zero-order valence-electron chi connectivity index (χ0n) is 25.2. The van der Waals surface area contributed by atoms with E-state index in [-0.39, 0.29) is 0 Å². The molecule has 0 atom stereocenters. The molecule has 0 N–H and O–H groups in total. The monoisotopic (exact) mass is 599 g/mol. The van der Waals surface area contributed by atoms with Gasteiger partial charge in [0.2, 0.25) is 0 Å². The average molecular weight is 600 g/mol. The molecule has 3 heterocycles. The highest BCUT2D eigenvalue weighted by atomic mass is 16.3. The van der Waals surface area contributed by atoms with E-state index >= 15 is 0 Å². The van der Waals surface area contributed by atoms with E-state index in [4.69, 9.17) is 4.42 Å². The second-order valence-electron chi connectivity index (χ2n) is 12.0. The summed E-state index contributed by atoms with van der Waals surface area (Å²) in [6, 6.07) is 55.2. The van der Waals surface area contributed by atoms with Gasteiger partial charge in [-0.05, 0) is 60.2 Å². The van der Waals surface area contributed by atoms with Gasteiger partial charge in [-0.3, -0.25) is 0 Å². The maximum absolute atomic E-state index is 10.6. The Bertz CT molecular complexity index is 2880. The zero-order valence-corrected chi connectivity index (χ0v) is 25.2. The van der Waals surface area contributed by atoms with Crippen molar-refractivity contribution in [2.24, 2.45) is 0 Å². The molecule has 0 saturated carbocycles. The molecule has 10 aromatic rings. The number of nitriles is 1. The van der Waals surface area contributed by atoms with Gasteiger partial charge in [0.15, 0.2) is 0 Å². The minimum absolute atomic E-state index is 0.620. The Hall–Kier alpha value is -6.57. The van der Waals surface area contributed by atoms with Crippen LogP contribution < -0.4 is 0 Å². The van der Waals surface area contributed by atoms with E-state index in [9.17, 15) is 5.26 Å². The molecule has 4 nitrogen and oxygen atoms in total. The highest BCUT2D eigenvalue weighted by molar-refractivity contribution is 6.24. The predicted octanol–water partition coefficient (Wildman–Crippen LogP) is 11.3. The minimum atomic E-state index is 0.620. The van der Waals surface area contributed by atoms with Crippen LogP contribution in [-0.2, 0) is 0 Å². The number of aromatic nitrogens is 2. The van der Waals surface area contributed by atoms with Gasteiger partial charge in [0.25, 0.3) is 0 Å². The molecule has 0 unspecified atom stereocenters. The van der Waals surface area contributed by atoms with E-state index in [0.29, 0.717) is 5.56 Å². The van der Waals surface area contributed by atoms with Gasteiger partial charge in [0.1, 0.15) is 17.2 Å². The number of hydrogen-bond donors (Lipinski definition) is 0. The number of fused-ring (bicyclic) bond motifs is 10. The molecule has 10 rings (SSSR count). The average Bonchev–Trinajstić information content (AvgIpc) is 3.79. The topological polar surface area (TPSA) is 46.8 Å². The lowest BCUT2D eigenvalue weighted by molar-refractivity contribution is 0.669. The molecule has 47 heavy (non-hydrogen) atoms. The van der Waals surface area contributed by atoms with Crippen LogP contribution in [0.15, 0.2) is 156 Å². The first kappa shape index (κ1) is 25.7. The standard InChI is InChI=1S/C43H25N3O/c44-26-28-25-27(21-23-35(28)45-37-17-7-2-12-30(37)31-13-3-8-18-38(31)45)29-11-1-6-16-36(29)46-39-19-9-4-14-32(39)33-22-24-41-42(43(33)46)34-15-5-10-20-40(34)47-41/h1-25H. The molecule has 0 radical (unpaired) electrons. The number of hydrogen-bond acceptors (Lipinski definition) is 2. The largest absolute Gasteiger partial charge is 0.456 e. The molecular formula is C43H25N3O. The quantitative estimate of drug-likeness (QED) is 0.203. The predicted molar refractivity (Wildman–Crippen MR) is 193 cm³/mol. The summed E-state index contributed by atoms with van der Waals surface area (Å²) in [5, 5.41) is 17.5. The third-order valence-corrected chi connectivity index (χ3v) is 9.57. The van der Waals surface area contributed by atoms with Gasteiger partial charge in [-0.25, -0.2) is 0 Å². The van der Waals surface area contributed by atoms with E-state index < -0.39 is 0 Å². The first-order valence-corrected chi connectivity index (χ1v) is 15.8. The third-order valence-electron chi connectivity index (χ3n) is 9.57. The van der Waals surface area contributed by atoms with Crippen LogP contribution in [0.1, 0.15) is 5.56 Å². The maximum atomic E-state index is 10.6. The van der Waals surface area contributed by atoms with Crippen molar-refractivity contribution in [2.75, 3.05) is 0 Å². The van der Waals surface area contributed by atoms with Gasteiger partial charge in [0, 0.05) is 32.5 Å². The lowest BCUT2D eigenvalue weighted by Crippen LogP contribution is -2.00. The molecule has 0 bridgehead atoms. The van der Waals surface area contributed by atoms with Crippen LogP contribution in [0.3, 0.4) is 0 Å². The number of para-hydroxylation sites is 5. The Morgan fingerprint density at radius 1 is 0.468 bits per heavy atom. The lowest BCUT2D eigenvalue weighted by atomic mass is 9.99. The summed E-state index contributed by atoms with van der Waals surface area (Å²) in [7, 11) is 0. The Morgan fingerprint density at radius 2 is 1.06 bits per heavy atom. The third kappa shape index (κ3) is 3.57. The van der Waals surface area contributed by atoms with Gasteiger partial charge in [-0.15, -0.1) is 0 Å². The van der Waals surface area contributed by atoms with Crippen LogP contribution in [0.25, 0.3) is 88.1 Å². The van der Waals surface area contributed by atoms with Crippen LogP contribution in [0.4, 0.5) is 0 Å². The molecule has 0 saturated heterocycles. The first-order chi connectivity index (χ1) is 23.3. The number of nitrogens with zero attached hydrogens (tertiary/aromatic N) is 3. The summed E-state index contributed by atoms with van der Waals surface area (Å²) in [5.74, 6) is 0. The van der Waals surface area contributed by atoms with E-state index in [1.54, 1.807) is 0 Å². The number of benzene rings is 7. The summed E-state index contributed by atoms with van der Waals surface area (Å²) in [5.41, 5.74) is 10.7. The van der Waals surface area contributed by atoms with Crippen molar-refractivity contribution < 1.29 is 4.42 Å². The molecule has 0 spiro atoms. The van der Waals surface area contributed by atoms with Crippen LogP contribution in [0.5, 0.6) is 0 Å². The van der Waals surface area contributed by atoms with E-state index in [0.717, 1.165) is 66.5 Å². The summed E-state index contributed by atoms with van der Waals surface area (Å²) in [4.78, 5) is 0. The molecule has 4 heteroatoms. The molecule has 3 aromatic heterocycles. The van der Waals surface area contributed by atoms with E-state index in [1.165, 1.54) is 21.5 Å². The van der Waals surface area contributed by atoms with Gasteiger partial charge >= 0.3 is 0 Å². The second-order valence-corrected chi connectivity index (χ2v) is 12.0. The zero-order chi connectivity index (χ0) is 31.1. The van der Waals surface area contributed by atoms with Crippen molar-refractivity contribution in [3.8, 4) is 28.6 Å². The normalized spacial score (nSPS) is 11.8. The minimum Gasteiger partial charge on any atom is -0.456 e. The Morgan fingerprint density at radius 3 is 1.79 bits per heavy atom. The molecule has 0 aliphatic rings. The molecule has 0 amide bonds. The summed E-state index contributed by atoms with van der Waals surface area (Å²) in [6.07, 6.45) is 0. The Balaban J connectivity index is 1.25. The van der Waals surface area contributed by atoms with Gasteiger partial charge in [-0.2, -0.15) is 5.26 Å². The molecule has 0 aliphatic heterocycles. The Kier molecular flexibility index (Phi) is 5.32. The fourth-order valence-corrected chi connectivity index (χ4v) is 7.60. The van der Waals surface area contributed by atoms with Crippen molar-refractivity contribution in [1.29, 1.82) is 5.26 Å². The summed E-state index contributed by atoms with van der Waals surface area (Å²) < 4.78 is 10.9. The highest BCUT2D eigenvalue weighted by Gasteiger charge is 2.21. The van der Waals surface area contributed by atoms with Crippen molar-refractivity contribution in [3.05, 3.63) is 157 Å². The van der Waals surface area contributed by atoms with Crippen LogP contribution in [0.2, 0.25) is 0 Å². The fraction of sp³-hybridized carbons (Fsp3) is 0. The lowest BCUT2D eigenvalue weighted by Gasteiger charge is -2.16. The highest BCUT2D eigenvalue weighted by Crippen LogP contribution is 2.43. The second kappa shape index (κ2) is 9.71. The van der Waals surface area contributed by atoms with E-state index in [2.05, 4.69) is 149 Å². The van der Waals surface area contributed by atoms with Gasteiger partial charge in [-0.1, -0.05) is 97.1 Å². The fourth-order valence-electron chi connectivity index (χ4n) is 7.60. The van der Waals surface area contributed by atoms with Crippen LogP contribution in [0, 0.1) is 11.3 Å². The maximum Gasteiger partial charge on any atom is 0.137 e. The smallest absolute Gasteiger partial charge is 0.137 e. The molecule has 218 valence electrons. The molecule has 7 aromatic carbocycles. The number of rotatable bonds is 3. The van der Waals surface area contributed by atoms with Crippen molar-refractivity contribution in [3.63, 3.8) is 0 Å².